The summed E-state index contributed by atoms with van der Waals surface area (Å²) in [6.45, 7) is 0.115. The summed E-state index contributed by atoms with van der Waals surface area (Å²) < 4.78 is 66.2. The molecule has 0 saturated heterocycles. The van der Waals surface area contributed by atoms with Gasteiger partial charge in [0, 0.05) is 18.5 Å². The number of rotatable bonds is 9. The zero-order valence-corrected chi connectivity index (χ0v) is 20.1. The molecule has 3 aromatic rings. The first kappa shape index (κ1) is 25.9. The maximum absolute atomic E-state index is 13.8. The van der Waals surface area contributed by atoms with E-state index in [9.17, 15) is 31.5 Å². The van der Waals surface area contributed by atoms with Gasteiger partial charge < -0.3 is 10.4 Å². The number of alkyl halides is 3. The number of carbonyl (C=O) groups is 1. The number of hydrogen-bond acceptors (Lipinski definition) is 4. The molecular weight excluding hydrogens is 491 g/mol. The number of halogens is 3. The van der Waals surface area contributed by atoms with Crippen molar-refractivity contribution in [2.75, 3.05) is 5.75 Å². The Kier molecular flexibility index (Phi) is 7.24. The molecular formula is C27H26F3NO4S. The minimum Gasteiger partial charge on any atom is -0.376 e. The number of benzene rings is 3. The molecule has 1 unspecified atom stereocenters. The molecule has 2 N–H and O–H groups in total. The van der Waals surface area contributed by atoms with Gasteiger partial charge in [0.25, 0.3) is 5.91 Å². The molecule has 1 aliphatic carbocycles. The van der Waals surface area contributed by atoms with Crippen molar-refractivity contribution in [2.24, 2.45) is 5.92 Å². The predicted molar refractivity (Wildman–Crippen MR) is 129 cm³/mol. The largest absolute Gasteiger partial charge is 0.421 e. The van der Waals surface area contributed by atoms with Crippen LogP contribution in [0.1, 0.15) is 39.9 Å². The second-order valence-corrected chi connectivity index (χ2v) is 11.2. The van der Waals surface area contributed by atoms with Crippen molar-refractivity contribution in [3.8, 4) is 0 Å². The summed E-state index contributed by atoms with van der Waals surface area (Å²) in [7, 11) is -3.32. The van der Waals surface area contributed by atoms with Gasteiger partial charge in [0.15, 0.2) is 15.4 Å². The molecule has 0 radical (unpaired) electrons. The number of nitrogens with one attached hydrogen (secondary N) is 1. The highest BCUT2D eigenvalue weighted by Crippen LogP contribution is 2.41. The van der Waals surface area contributed by atoms with Crippen LogP contribution < -0.4 is 5.32 Å². The first-order chi connectivity index (χ1) is 17.0. The molecule has 1 amide bonds. The summed E-state index contributed by atoms with van der Waals surface area (Å²) in [4.78, 5) is 12.8. The summed E-state index contributed by atoms with van der Waals surface area (Å²) >= 11 is 0. The molecule has 1 fully saturated rings. The van der Waals surface area contributed by atoms with E-state index in [0.29, 0.717) is 11.1 Å². The van der Waals surface area contributed by atoms with Gasteiger partial charge in [-0.25, -0.2) is 8.42 Å². The lowest BCUT2D eigenvalue weighted by Crippen LogP contribution is -2.44. The topological polar surface area (TPSA) is 83.5 Å². The minimum atomic E-state index is -4.93. The second-order valence-electron chi connectivity index (χ2n) is 9.15. The predicted octanol–water partition coefficient (Wildman–Crippen LogP) is 4.79. The molecule has 36 heavy (non-hydrogen) atoms. The van der Waals surface area contributed by atoms with Gasteiger partial charge in [0.1, 0.15) is 0 Å². The Labute approximate surface area is 207 Å². The van der Waals surface area contributed by atoms with Gasteiger partial charge in [-0.05, 0) is 59.7 Å². The minimum absolute atomic E-state index is 0.115. The Morgan fingerprint density at radius 1 is 0.889 bits per heavy atom. The average molecular weight is 518 g/mol. The number of sulfone groups is 1. The van der Waals surface area contributed by atoms with E-state index in [1.165, 1.54) is 36.4 Å². The van der Waals surface area contributed by atoms with Gasteiger partial charge in [-0.3, -0.25) is 4.79 Å². The van der Waals surface area contributed by atoms with Crippen LogP contribution in [-0.2, 0) is 28.4 Å². The van der Waals surface area contributed by atoms with Crippen molar-refractivity contribution in [2.45, 2.75) is 42.5 Å². The van der Waals surface area contributed by atoms with Crippen LogP contribution in [-0.4, -0.2) is 31.4 Å². The molecule has 0 spiro atoms. The third-order valence-corrected chi connectivity index (χ3v) is 8.18. The number of aliphatic hydroxyl groups is 1. The van der Waals surface area contributed by atoms with Crippen LogP contribution in [0.15, 0.2) is 83.8 Å². The molecule has 3 aromatic carbocycles. The fourth-order valence-electron chi connectivity index (χ4n) is 3.94. The van der Waals surface area contributed by atoms with Crippen molar-refractivity contribution < 1.29 is 31.5 Å². The van der Waals surface area contributed by atoms with Crippen molar-refractivity contribution >= 4 is 15.7 Å². The van der Waals surface area contributed by atoms with Crippen LogP contribution in [0.2, 0.25) is 0 Å². The Hall–Kier alpha value is -3.17. The van der Waals surface area contributed by atoms with Crippen LogP contribution in [0.3, 0.4) is 0 Å². The van der Waals surface area contributed by atoms with E-state index in [-0.39, 0.29) is 34.2 Å². The normalized spacial score (nSPS) is 15.8. The number of amides is 1. The molecule has 4 rings (SSSR count). The number of hydrogen-bond donors (Lipinski definition) is 2. The summed E-state index contributed by atoms with van der Waals surface area (Å²) in [6, 6.07) is 18.8. The van der Waals surface area contributed by atoms with Gasteiger partial charge in [-0.1, -0.05) is 54.6 Å². The molecule has 0 aromatic heterocycles. The van der Waals surface area contributed by atoms with E-state index in [4.69, 9.17) is 0 Å². The average Bonchev–Trinajstić information content (AvgIpc) is 3.66. The van der Waals surface area contributed by atoms with Gasteiger partial charge in [-0.15, -0.1) is 0 Å². The SMILES string of the molecule is O=C(NCc1ccc(S(=O)(=O)CC2CC2)cc1)c1ccc(C(O)(Cc2ccccc2)C(F)(F)F)cc1. The van der Waals surface area contributed by atoms with Crippen LogP contribution in [0.4, 0.5) is 13.2 Å². The molecule has 5 nitrogen and oxygen atoms in total. The Balaban J connectivity index is 1.41. The van der Waals surface area contributed by atoms with Crippen molar-refractivity contribution in [1.29, 1.82) is 0 Å². The molecule has 1 aliphatic rings. The van der Waals surface area contributed by atoms with E-state index < -0.39 is 33.9 Å². The van der Waals surface area contributed by atoms with Crippen LogP contribution >= 0.6 is 0 Å². The molecule has 0 bridgehead atoms. The summed E-state index contributed by atoms with van der Waals surface area (Å²) in [5.74, 6) is -0.121. The summed E-state index contributed by atoms with van der Waals surface area (Å²) in [6.07, 6.45) is -3.71. The zero-order chi connectivity index (χ0) is 26.0. The first-order valence-electron chi connectivity index (χ1n) is 11.5. The van der Waals surface area contributed by atoms with Crippen molar-refractivity contribution in [1.82, 2.24) is 5.32 Å². The van der Waals surface area contributed by atoms with E-state index in [1.807, 2.05) is 0 Å². The first-order valence-corrected chi connectivity index (χ1v) is 13.2. The van der Waals surface area contributed by atoms with Gasteiger partial charge in [0.05, 0.1) is 10.6 Å². The zero-order valence-electron chi connectivity index (χ0n) is 19.3. The van der Waals surface area contributed by atoms with E-state index in [2.05, 4.69) is 5.32 Å². The lowest BCUT2D eigenvalue weighted by Gasteiger charge is -2.31. The van der Waals surface area contributed by atoms with Gasteiger partial charge >= 0.3 is 6.18 Å². The van der Waals surface area contributed by atoms with E-state index >= 15 is 0 Å². The second kappa shape index (κ2) is 10.1. The lowest BCUT2D eigenvalue weighted by molar-refractivity contribution is -0.266. The van der Waals surface area contributed by atoms with Crippen molar-refractivity contribution in [3.05, 3.63) is 101 Å². The maximum atomic E-state index is 13.8. The summed E-state index contributed by atoms with van der Waals surface area (Å²) in [5.41, 5.74) is -2.33. The van der Waals surface area contributed by atoms with Gasteiger partial charge in [-0.2, -0.15) is 13.2 Å². The standard InChI is InChI=1S/C27H26F3NO4S/c28-27(29,30)26(33,16-19-4-2-1-3-5-19)23-12-10-22(11-13-23)25(32)31-17-20-8-14-24(15-9-20)36(34,35)18-21-6-7-21/h1-5,8-15,21,33H,6-7,16-18H2,(H,31,32). The third kappa shape index (κ3) is 5.96. The number of carbonyl (C=O) groups excluding carboxylic acids is 1. The molecule has 1 atom stereocenters. The Morgan fingerprint density at radius 2 is 1.50 bits per heavy atom. The lowest BCUT2D eigenvalue weighted by atomic mass is 9.86. The highest BCUT2D eigenvalue weighted by atomic mass is 32.2. The highest BCUT2D eigenvalue weighted by molar-refractivity contribution is 7.91. The van der Waals surface area contributed by atoms with Crippen LogP contribution in [0.25, 0.3) is 0 Å². The van der Waals surface area contributed by atoms with Crippen LogP contribution in [0.5, 0.6) is 0 Å². The smallest absolute Gasteiger partial charge is 0.376 e. The molecule has 0 heterocycles. The van der Waals surface area contributed by atoms with E-state index in [0.717, 1.165) is 25.0 Å². The van der Waals surface area contributed by atoms with E-state index in [1.54, 1.807) is 30.3 Å². The quantitative estimate of drug-likeness (QED) is 0.428. The van der Waals surface area contributed by atoms with Crippen molar-refractivity contribution in [3.63, 3.8) is 0 Å². The molecule has 0 aliphatic heterocycles. The molecule has 9 heteroatoms. The maximum Gasteiger partial charge on any atom is 0.421 e. The monoisotopic (exact) mass is 517 g/mol. The van der Waals surface area contributed by atoms with Crippen LogP contribution in [0, 0.1) is 5.92 Å². The fourth-order valence-corrected chi connectivity index (χ4v) is 5.64. The highest BCUT2D eigenvalue weighted by Gasteiger charge is 2.54. The molecule has 190 valence electrons. The Morgan fingerprint density at radius 3 is 2.06 bits per heavy atom. The fraction of sp³-hybridized carbons (Fsp3) is 0.296. The Bertz CT molecular complexity index is 1300. The summed E-state index contributed by atoms with van der Waals surface area (Å²) in [5, 5.41) is 13.3. The third-order valence-electron chi connectivity index (χ3n) is 6.28. The molecule has 1 saturated carbocycles. The van der Waals surface area contributed by atoms with Gasteiger partial charge in [0.2, 0.25) is 0 Å².